The summed E-state index contributed by atoms with van der Waals surface area (Å²) >= 11 is 9.59. The monoisotopic (exact) mass is 530 g/mol. The maximum Gasteiger partial charge on any atom is 0.261 e. The third-order valence-corrected chi connectivity index (χ3v) is 6.51. The van der Waals surface area contributed by atoms with Crippen molar-refractivity contribution in [1.82, 2.24) is 10.2 Å². The van der Waals surface area contributed by atoms with Gasteiger partial charge in [-0.05, 0) is 63.8 Å². The Morgan fingerprint density at radius 1 is 1.09 bits per heavy atom. The zero-order valence-electron chi connectivity index (χ0n) is 18.8. The van der Waals surface area contributed by atoms with Crippen LogP contribution in [0.4, 0.5) is 0 Å². The fraction of sp³-hybridized carbons (Fsp3) is 0.308. The topological polar surface area (TPSA) is 58.6 Å². The van der Waals surface area contributed by atoms with Crippen molar-refractivity contribution in [3.8, 4) is 5.75 Å². The van der Waals surface area contributed by atoms with Crippen molar-refractivity contribution in [3.05, 3.63) is 75.7 Å². The zero-order chi connectivity index (χ0) is 23.8. The number of nitrogens with zero attached hydrogens (tertiary/aromatic N) is 1. The van der Waals surface area contributed by atoms with Gasteiger partial charge in [-0.2, -0.15) is 0 Å². The van der Waals surface area contributed by atoms with E-state index in [0.29, 0.717) is 17.3 Å². The van der Waals surface area contributed by atoms with E-state index in [1.54, 1.807) is 24.0 Å². The molecule has 0 aliphatic heterocycles. The molecule has 0 saturated heterocycles. The third kappa shape index (κ3) is 6.71. The third-order valence-electron chi connectivity index (χ3n) is 5.44. The molecule has 1 atom stereocenters. The molecule has 5 nitrogen and oxygen atoms in total. The lowest BCUT2D eigenvalue weighted by Gasteiger charge is -2.29. The molecule has 0 fully saturated rings. The second-order valence-corrected chi connectivity index (χ2v) is 9.09. The van der Waals surface area contributed by atoms with Crippen LogP contribution in [0.2, 0.25) is 5.02 Å². The minimum atomic E-state index is -0.645. The van der Waals surface area contributed by atoms with E-state index in [2.05, 4.69) is 28.2 Å². The lowest BCUT2D eigenvalue weighted by Crippen LogP contribution is -2.49. The normalized spacial score (nSPS) is 11.8. The van der Waals surface area contributed by atoms with E-state index >= 15 is 0 Å². The second-order valence-electron chi connectivity index (χ2n) is 7.86. The Labute approximate surface area is 208 Å². The number of halogens is 2. The number of amides is 2. The summed E-state index contributed by atoms with van der Waals surface area (Å²) in [6.45, 7) is 4.48. The standard InChI is InChI=1S/C26H28BrClN2O3/c1-3-4-15-29-26(32)18(2)30(16-19-9-12-21(28)13-10-19)24(31)17-33-23-14-11-20-7-5-6-8-22(20)25(23)27/h5-14,18H,3-4,15-17H2,1-2H3,(H,29,32)/t18-/m1/s1. The van der Waals surface area contributed by atoms with Gasteiger partial charge in [0.2, 0.25) is 5.91 Å². The number of hydrogen-bond acceptors (Lipinski definition) is 3. The van der Waals surface area contributed by atoms with E-state index in [-0.39, 0.29) is 25.0 Å². The van der Waals surface area contributed by atoms with Crippen LogP contribution in [0.15, 0.2) is 65.1 Å². The van der Waals surface area contributed by atoms with Gasteiger partial charge in [-0.3, -0.25) is 9.59 Å². The first-order valence-electron chi connectivity index (χ1n) is 11.0. The smallest absolute Gasteiger partial charge is 0.261 e. The molecular weight excluding hydrogens is 504 g/mol. The van der Waals surface area contributed by atoms with Crippen molar-refractivity contribution in [2.75, 3.05) is 13.2 Å². The van der Waals surface area contributed by atoms with Crippen LogP contribution in [0.3, 0.4) is 0 Å². The maximum atomic E-state index is 13.2. The lowest BCUT2D eigenvalue weighted by atomic mass is 10.1. The predicted molar refractivity (Wildman–Crippen MR) is 137 cm³/mol. The van der Waals surface area contributed by atoms with E-state index in [4.69, 9.17) is 16.3 Å². The Morgan fingerprint density at radius 2 is 1.82 bits per heavy atom. The molecule has 0 saturated carbocycles. The van der Waals surface area contributed by atoms with Crippen LogP contribution in [0.5, 0.6) is 5.75 Å². The maximum absolute atomic E-state index is 13.2. The molecule has 2 amide bonds. The minimum Gasteiger partial charge on any atom is -0.483 e. The number of carbonyl (C=O) groups excluding carboxylic acids is 2. The average molecular weight is 532 g/mol. The van der Waals surface area contributed by atoms with E-state index in [1.165, 1.54) is 0 Å². The molecule has 0 aliphatic carbocycles. The highest BCUT2D eigenvalue weighted by Crippen LogP contribution is 2.33. The largest absolute Gasteiger partial charge is 0.483 e. The van der Waals surface area contributed by atoms with Crippen LogP contribution in [0.1, 0.15) is 32.3 Å². The number of ether oxygens (including phenoxy) is 1. The number of unbranched alkanes of at least 4 members (excludes halogenated alkanes) is 1. The molecule has 0 radical (unpaired) electrons. The van der Waals surface area contributed by atoms with Crippen molar-refractivity contribution in [3.63, 3.8) is 0 Å². The molecule has 7 heteroatoms. The summed E-state index contributed by atoms with van der Waals surface area (Å²) in [6, 6.07) is 18.3. The van der Waals surface area contributed by atoms with Crippen LogP contribution < -0.4 is 10.1 Å². The molecule has 3 rings (SSSR count). The lowest BCUT2D eigenvalue weighted by molar-refractivity contribution is -0.142. The zero-order valence-corrected chi connectivity index (χ0v) is 21.2. The van der Waals surface area contributed by atoms with Crippen LogP contribution >= 0.6 is 27.5 Å². The summed E-state index contributed by atoms with van der Waals surface area (Å²) in [5, 5.41) is 5.61. The number of rotatable bonds is 10. The van der Waals surface area contributed by atoms with Gasteiger partial charge >= 0.3 is 0 Å². The highest BCUT2D eigenvalue weighted by atomic mass is 79.9. The fourth-order valence-electron chi connectivity index (χ4n) is 3.45. The highest BCUT2D eigenvalue weighted by Gasteiger charge is 2.26. The molecule has 0 aliphatic rings. The van der Waals surface area contributed by atoms with Gasteiger partial charge in [0.1, 0.15) is 11.8 Å². The van der Waals surface area contributed by atoms with Crippen molar-refractivity contribution < 1.29 is 14.3 Å². The predicted octanol–water partition coefficient (Wildman–Crippen LogP) is 5.97. The summed E-state index contributed by atoms with van der Waals surface area (Å²) in [7, 11) is 0. The van der Waals surface area contributed by atoms with Gasteiger partial charge in [-0.15, -0.1) is 0 Å². The molecule has 0 aromatic heterocycles. The van der Waals surface area contributed by atoms with E-state index < -0.39 is 6.04 Å². The molecular formula is C26H28BrClN2O3. The minimum absolute atomic E-state index is 0.183. The van der Waals surface area contributed by atoms with Gasteiger partial charge in [0.15, 0.2) is 6.61 Å². The number of carbonyl (C=O) groups is 2. The van der Waals surface area contributed by atoms with Crippen LogP contribution in [0.25, 0.3) is 10.8 Å². The Kier molecular flexibility index (Phi) is 9.15. The van der Waals surface area contributed by atoms with Crippen molar-refractivity contribution in [1.29, 1.82) is 0 Å². The Morgan fingerprint density at radius 3 is 2.55 bits per heavy atom. The van der Waals surface area contributed by atoms with E-state index in [0.717, 1.165) is 33.7 Å². The van der Waals surface area contributed by atoms with Crippen molar-refractivity contribution >= 4 is 50.1 Å². The molecule has 0 spiro atoms. The average Bonchev–Trinajstić information content (AvgIpc) is 2.83. The fourth-order valence-corrected chi connectivity index (χ4v) is 4.19. The summed E-state index contributed by atoms with van der Waals surface area (Å²) in [6.07, 6.45) is 1.87. The van der Waals surface area contributed by atoms with Crippen LogP contribution in [-0.4, -0.2) is 35.9 Å². The Balaban J connectivity index is 1.75. The number of hydrogen-bond donors (Lipinski definition) is 1. The van der Waals surface area contributed by atoms with Crippen LogP contribution in [-0.2, 0) is 16.1 Å². The Hall–Kier alpha value is -2.57. The summed E-state index contributed by atoms with van der Waals surface area (Å²) < 4.78 is 6.68. The van der Waals surface area contributed by atoms with Gasteiger partial charge in [0.25, 0.3) is 5.91 Å². The molecule has 0 heterocycles. The number of nitrogens with one attached hydrogen (secondary N) is 1. The molecule has 33 heavy (non-hydrogen) atoms. The number of fused-ring (bicyclic) bond motifs is 1. The van der Waals surface area contributed by atoms with Crippen LogP contribution in [0, 0.1) is 0 Å². The quantitative estimate of drug-likeness (QED) is 0.328. The van der Waals surface area contributed by atoms with Gasteiger partial charge in [0, 0.05) is 18.1 Å². The molecule has 0 unspecified atom stereocenters. The first-order chi connectivity index (χ1) is 15.9. The summed E-state index contributed by atoms with van der Waals surface area (Å²) in [5.41, 5.74) is 0.882. The van der Waals surface area contributed by atoms with Crippen molar-refractivity contribution in [2.45, 2.75) is 39.3 Å². The van der Waals surface area contributed by atoms with Gasteiger partial charge < -0.3 is 15.0 Å². The van der Waals surface area contributed by atoms with E-state index in [1.807, 2.05) is 48.5 Å². The Bertz CT molecular complexity index is 1100. The second kappa shape index (κ2) is 12.1. The molecule has 1 N–H and O–H groups in total. The van der Waals surface area contributed by atoms with Gasteiger partial charge in [0.05, 0.1) is 4.47 Å². The van der Waals surface area contributed by atoms with Gasteiger partial charge in [-0.25, -0.2) is 0 Å². The first-order valence-corrected chi connectivity index (χ1v) is 12.2. The number of benzene rings is 3. The van der Waals surface area contributed by atoms with Gasteiger partial charge in [-0.1, -0.05) is 67.4 Å². The van der Waals surface area contributed by atoms with E-state index in [9.17, 15) is 9.59 Å². The molecule has 3 aromatic carbocycles. The summed E-state index contributed by atoms with van der Waals surface area (Å²) in [4.78, 5) is 27.5. The molecule has 174 valence electrons. The highest BCUT2D eigenvalue weighted by molar-refractivity contribution is 9.10. The van der Waals surface area contributed by atoms with Crippen molar-refractivity contribution in [2.24, 2.45) is 0 Å². The molecule has 3 aromatic rings. The first kappa shape index (κ1) is 25.1. The SMILES string of the molecule is CCCCNC(=O)[C@@H](C)N(Cc1ccc(Cl)cc1)C(=O)COc1ccc2ccccc2c1Br. The molecule has 0 bridgehead atoms. The summed E-state index contributed by atoms with van der Waals surface area (Å²) in [5.74, 6) is 0.120.